The van der Waals surface area contributed by atoms with Crippen LogP contribution in [-0.4, -0.2) is 18.2 Å². The first kappa shape index (κ1) is 10.4. The van der Waals surface area contributed by atoms with Crippen molar-refractivity contribution in [3.05, 3.63) is 0 Å². The molecule has 3 nitrogen and oxygen atoms in total. The molecule has 1 atom stereocenters. The maximum Gasteiger partial charge on any atom is 0.407 e. The molecule has 13 heavy (non-hydrogen) atoms. The second-order valence-corrected chi connectivity index (χ2v) is 4.00. The molecule has 1 N–H and O–H groups in total. The molecule has 1 heterocycles. The van der Waals surface area contributed by atoms with Crippen molar-refractivity contribution in [2.24, 2.45) is 0 Å². The van der Waals surface area contributed by atoms with Gasteiger partial charge < -0.3 is 10.1 Å². The average Bonchev–Trinajstić information content (AvgIpc) is 2.41. The standard InChI is InChI=1S/C10H19NO2/c1-3-4-5-6-7-10(2)8-11-9(12)13-10/h3-8H2,1-2H3,(H,11,12)/t10-/m1/s1. The SMILES string of the molecule is CCCCCC[C@]1(C)CNC(=O)O1. The van der Waals surface area contributed by atoms with Crippen molar-refractivity contribution in [2.75, 3.05) is 6.54 Å². The van der Waals surface area contributed by atoms with Gasteiger partial charge in [0.2, 0.25) is 0 Å². The Morgan fingerprint density at radius 1 is 1.46 bits per heavy atom. The fraction of sp³-hybridized carbons (Fsp3) is 0.900. The highest BCUT2D eigenvalue weighted by Gasteiger charge is 2.34. The van der Waals surface area contributed by atoms with E-state index in [2.05, 4.69) is 12.2 Å². The van der Waals surface area contributed by atoms with Gasteiger partial charge in [-0.3, -0.25) is 0 Å². The van der Waals surface area contributed by atoms with Crippen LogP contribution in [0, 0.1) is 0 Å². The first-order valence-electron chi connectivity index (χ1n) is 5.13. The van der Waals surface area contributed by atoms with E-state index in [1.165, 1.54) is 19.3 Å². The zero-order valence-corrected chi connectivity index (χ0v) is 8.56. The van der Waals surface area contributed by atoms with E-state index in [1.807, 2.05) is 6.92 Å². The molecule has 76 valence electrons. The highest BCUT2D eigenvalue weighted by molar-refractivity contribution is 5.70. The van der Waals surface area contributed by atoms with Crippen LogP contribution in [0.3, 0.4) is 0 Å². The average molecular weight is 185 g/mol. The van der Waals surface area contributed by atoms with Crippen molar-refractivity contribution in [1.82, 2.24) is 5.32 Å². The molecule has 0 bridgehead atoms. The summed E-state index contributed by atoms with van der Waals surface area (Å²) >= 11 is 0. The largest absolute Gasteiger partial charge is 0.441 e. The normalized spacial score (nSPS) is 27.1. The van der Waals surface area contributed by atoms with Gasteiger partial charge in [-0.1, -0.05) is 26.2 Å². The lowest BCUT2D eigenvalue weighted by atomic mass is 9.98. The highest BCUT2D eigenvalue weighted by Crippen LogP contribution is 2.22. The second-order valence-electron chi connectivity index (χ2n) is 4.00. The summed E-state index contributed by atoms with van der Waals surface area (Å²) in [6.45, 7) is 4.85. The number of unbranched alkanes of at least 4 members (excludes halogenated alkanes) is 3. The molecule has 1 aliphatic heterocycles. The summed E-state index contributed by atoms with van der Waals surface area (Å²) in [6.07, 6.45) is 5.62. The van der Waals surface area contributed by atoms with E-state index >= 15 is 0 Å². The molecule has 3 heteroatoms. The Hall–Kier alpha value is -0.730. The third-order valence-corrected chi connectivity index (χ3v) is 2.50. The van der Waals surface area contributed by atoms with Crippen LogP contribution in [0.25, 0.3) is 0 Å². The van der Waals surface area contributed by atoms with Crippen LogP contribution in [0.4, 0.5) is 4.79 Å². The molecule has 1 fully saturated rings. The predicted molar refractivity (Wildman–Crippen MR) is 51.6 cm³/mol. The molecule has 1 amide bonds. The van der Waals surface area contributed by atoms with Crippen LogP contribution < -0.4 is 5.32 Å². The molecule has 0 unspecified atom stereocenters. The van der Waals surface area contributed by atoms with Gasteiger partial charge in [-0.15, -0.1) is 0 Å². The first-order valence-corrected chi connectivity index (χ1v) is 5.13. The predicted octanol–water partition coefficient (Wildman–Crippen LogP) is 2.46. The minimum absolute atomic E-state index is 0.245. The molecule has 0 aromatic rings. The van der Waals surface area contributed by atoms with Gasteiger partial charge in [-0.25, -0.2) is 4.79 Å². The fourth-order valence-electron chi connectivity index (χ4n) is 1.62. The maximum atomic E-state index is 10.8. The third kappa shape index (κ3) is 3.25. The van der Waals surface area contributed by atoms with E-state index in [0.717, 1.165) is 12.8 Å². The number of ether oxygens (including phenoxy) is 1. The summed E-state index contributed by atoms with van der Waals surface area (Å²) in [5.41, 5.74) is -0.245. The van der Waals surface area contributed by atoms with Gasteiger partial charge in [-0.05, 0) is 19.8 Å². The lowest BCUT2D eigenvalue weighted by molar-refractivity contribution is 0.0629. The smallest absolute Gasteiger partial charge is 0.407 e. The zero-order valence-electron chi connectivity index (χ0n) is 8.56. The molecule has 0 aromatic heterocycles. The molecule has 0 saturated carbocycles. The lowest BCUT2D eigenvalue weighted by Gasteiger charge is -2.20. The van der Waals surface area contributed by atoms with E-state index in [0.29, 0.717) is 6.54 Å². The molecular formula is C10H19NO2. The fourth-order valence-corrected chi connectivity index (χ4v) is 1.62. The summed E-state index contributed by atoms with van der Waals surface area (Å²) in [5.74, 6) is 0. The number of cyclic esters (lactones) is 1. The van der Waals surface area contributed by atoms with E-state index in [-0.39, 0.29) is 11.7 Å². The van der Waals surface area contributed by atoms with Crippen LogP contribution >= 0.6 is 0 Å². The first-order chi connectivity index (χ1) is 6.16. The van der Waals surface area contributed by atoms with Crippen molar-refractivity contribution < 1.29 is 9.53 Å². The van der Waals surface area contributed by atoms with Gasteiger partial charge in [-0.2, -0.15) is 0 Å². The molecule has 0 spiro atoms. The molecule has 1 saturated heterocycles. The molecule has 0 aliphatic carbocycles. The van der Waals surface area contributed by atoms with E-state index in [1.54, 1.807) is 0 Å². The Labute approximate surface area is 79.8 Å². The molecule has 1 rings (SSSR count). The van der Waals surface area contributed by atoms with Crippen LogP contribution in [0.1, 0.15) is 46.0 Å². The summed E-state index contributed by atoms with van der Waals surface area (Å²) in [4.78, 5) is 10.8. The maximum absolute atomic E-state index is 10.8. The summed E-state index contributed by atoms with van der Waals surface area (Å²) in [7, 11) is 0. The van der Waals surface area contributed by atoms with Crippen molar-refractivity contribution in [3.63, 3.8) is 0 Å². The summed E-state index contributed by atoms with van der Waals surface area (Å²) in [5, 5.41) is 2.69. The van der Waals surface area contributed by atoms with Crippen molar-refractivity contribution >= 4 is 6.09 Å². The number of carbonyl (C=O) groups is 1. The Morgan fingerprint density at radius 2 is 2.23 bits per heavy atom. The Bertz CT molecular complexity index is 182. The number of nitrogens with one attached hydrogen (secondary N) is 1. The number of rotatable bonds is 5. The van der Waals surface area contributed by atoms with Crippen molar-refractivity contribution in [1.29, 1.82) is 0 Å². The molecule has 1 aliphatic rings. The Balaban J connectivity index is 2.16. The third-order valence-electron chi connectivity index (χ3n) is 2.50. The van der Waals surface area contributed by atoms with Crippen molar-refractivity contribution in [3.8, 4) is 0 Å². The number of amides is 1. The van der Waals surface area contributed by atoms with Crippen LogP contribution in [0.15, 0.2) is 0 Å². The topological polar surface area (TPSA) is 38.3 Å². The molecule has 0 radical (unpaired) electrons. The van der Waals surface area contributed by atoms with Gasteiger partial charge in [0, 0.05) is 0 Å². The van der Waals surface area contributed by atoms with Crippen LogP contribution in [0.2, 0.25) is 0 Å². The lowest BCUT2D eigenvalue weighted by Crippen LogP contribution is -2.28. The molecule has 0 aromatic carbocycles. The van der Waals surface area contributed by atoms with Crippen LogP contribution in [0.5, 0.6) is 0 Å². The van der Waals surface area contributed by atoms with Gasteiger partial charge >= 0.3 is 6.09 Å². The molecular weight excluding hydrogens is 166 g/mol. The van der Waals surface area contributed by atoms with Crippen molar-refractivity contribution in [2.45, 2.75) is 51.6 Å². The second kappa shape index (κ2) is 4.49. The van der Waals surface area contributed by atoms with Gasteiger partial charge in [0.1, 0.15) is 5.60 Å². The summed E-state index contributed by atoms with van der Waals surface area (Å²) in [6, 6.07) is 0. The number of alkyl carbamates (subject to hydrolysis) is 1. The minimum Gasteiger partial charge on any atom is -0.441 e. The van der Waals surface area contributed by atoms with E-state index in [4.69, 9.17) is 4.74 Å². The number of carbonyl (C=O) groups excluding carboxylic acids is 1. The van der Waals surface area contributed by atoms with E-state index in [9.17, 15) is 4.79 Å². The van der Waals surface area contributed by atoms with Crippen LogP contribution in [-0.2, 0) is 4.74 Å². The van der Waals surface area contributed by atoms with Gasteiger partial charge in [0.25, 0.3) is 0 Å². The Morgan fingerprint density at radius 3 is 2.77 bits per heavy atom. The monoisotopic (exact) mass is 185 g/mol. The van der Waals surface area contributed by atoms with Gasteiger partial charge in [0.05, 0.1) is 6.54 Å². The zero-order chi connectivity index (χ0) is 9.73. The quantitative estimate of drug-likeness (QED) is 0.668. The Kier molecular flexibility index (Phi) is 3.58. The van der Waals surface area contributed by atoms with E-state index < -0.39 is 0 Å². The minimum atomic E-state index is -0.266. The number of hydrogen-bond donors (Lipinski definition) is 1. The number of hydrogen-bond acceptors (Lipinski definition) is 2. The van der Waals surface area contributed by atoms with Gasteiger partial charge in [0.15, 0.2) is 0 Å². The highest BCUT2D eigenvalue weighted by atomic mass is 16.6. The summed E-state index contributed by atoms with van der Waals surface area (Å²) < 4.78 is 5.18.